The fourth-order valence-electron chi connectivity index (χ4n) is 1.66. The zero-order chi connectivity index (χ0) is 10.1. The molecule has 1 rings (SSSR count). The van der Waals surface area contributed by atoms with Crippen molar-refractivity contribution in [2.24, 2.45) is 5.73 Å². The normalized spacial score (nSPS) is 18.9. The van der Waals surface area contributed by atoms with Crippen LogP contribution in [-0.4, -0.2) is 28.2 Å². The maximum Gasteiger partial charge on any atom is 0.100 e. The first-order valence-corrected chi connectivity index (χ1v) is 4.92. The smallest absolute Gasteiger partial charge is 0.100 e. The van der Waals surface area contributed by atoms with Crippen LogP contribution < -0.4 is 5.73 Å². The van der Waals surface area contributed by atoms with Crippen LogP contribution >= 0.6 is 0 Å². The summed E-state index contributed by atoms with van der Waals surface area (Å²) in [6.07, 6.45) is 3.98. The summed E-state index contributed by atoms with van der Waals surface area (Å²) in [6.45, 7) is 6.55. The zero-order valence-corrected chi connectivity index (χ0v) is 8.75. The summed E-state index contributed by atoms with van der Waals surface area (Å²) in [5, 5.41) is 9.87. The molecule has 0 saturated heterocycles. The molecular formula is C10H20N2O. The standard InChI is InChI=1S/C10H20N2O/c1-4-12(8-5-6-8)9(7-11)10(2,3)13/h7-8,13H,4-6,11H2,1-3H3/b9-7-. The number of nitrogens with zero attached hydrogens (tertiary/aromatic N) is 1. The third-order valence-corrected chi connectivity index (χ3v) is 2.42. The average Bonchev–Trinajstić information content (AvgIpc) is 2.79. The topological polar surface area (TPSA) is 49.5 Å². The van der Waals surface area contributed by atoms with E-state index in [2.05, 4.69) is 11.8 Å². The molecule has 0 aliphatic heterocycles. The highest BCUT2D eigenvalue weighted by molar-refractivity contribution is 5.14. The molecular weight excluding hydrogens is 164 g/mol. The van der Waals surface area contributed by atoms with Gasteiger partial charge in [0.2, 0.25) is 0 Å². The van der Waals surface area contributed by atoms with E-state index in [1.165, 1.54) is 19.0 Å². The van der Waals surface area contributed by atoms with E-state index in [1.807, 2.05) is 0 Å². The Kier molecular flexibility index (Phi) is 2.86. The van der Waals surface area contributed by atoms with Crippen LogP contribution in [-0.2, 0) is 0 Å². The average molecular weight is 184 g/mol. The zero-order valence-electron chi connectivity index (χ0n) is 8.75. The third kappa shape index (κ3) is 2.37. The minimum absolute atomic E-state index is 0.603. The maximum absolute atomic E-state index is 9.87. The molecule has 76 valence electrons. The van der Waals surface area contributed by atoms with E-state index in [4.69, 9.17) is 5.73 Å². The predicted octanol–water partition coefficient (Wildman–Crippen LogP) is 1.04. The highest BCUT2D eigenvalue weighted by Crippen LogP contribution is 2.32. The molecule has 0 aromatic heterocycles. The van der Waals surface area contributed by atoms with Crippen molar-refractivity contribution in [1.82, 2.24) is 4.90 Å². The first kappa shape index (κ1) is 10.4. The van der Waals surface area contributed by atoms with Gasteiger partial charge in [0.15, 0.2) is 0 Å². The van der Waals surface area contributed by atoms with Crippen molar-refractivity contribution in [3.8, 4) is 0 Å². The summed E-state index contributed by atoms with van der Waals surface area (Å²) < 4.78 is 0. The summed E-state index contributed by atoms with van der Waals surface area (Å²) in [5.41, 5.74) is 5.56. The van der Waals surface area contributed by atoms with E-state index in [1.54, 1.807) is 13.8 Å². The number of hydrogen-bond donors (Lipinski definition) is 2. The maximum atomic E-state index is 9.87. The summed E-state index contributed by atoms with van der Waals surface area (Å²) >= 11 is 0. The van der Waals surface area contributed by atoms with Gasteiger partial charge in [-0.3, -0.25) is 0 Å². The molecule has 0 amide bonds. The van der Waals surface area contributed by atoms with Crippen molar-refractivity contribution >= 4 is 0 Å². The Labute approximate surface area is 80.2 Å². The van der Waals surface area contributed by atoms with Gasteiger partial charge in [-0.2, -0.15) is 0 Å². The molecule has 1 aliphatic carbocycles. The molecule has 1 fully saturated rings. The van der Waals surface area contributed by atoms with Crippen LogP contribution in [0.2, 0.25) is 0 Å². The van der Waals surface area contributed by atoms with Gasteiger partial charge in [-0.05, 0) is 33.6 Å². The molecule has 0 bridgehead atoms. The van der Waals surface area contributed by atoms with Crippen LogP contribution in [0.15, 0.2) is 11.9 Å². The third-order valence-electron chi connectivity index (χ3n) is 2.42. The molecule has 0 aromatic carbocycles. The van der Waals surface area contributed by atoms with Crippen LogP contribution in [0.25, 0.3) is 0 Å². The molecule has 0 spiro atoms. The highest BCUT2D eigenvalue weighted by atomic mass is 16.3. The molecule has 0 unspecified atom stereocenters. The molecule has 0 radical (unpaired) electrons. The molecule has 1 saturated carbocycles. The Bertz CT molecular complexity index is 201. The van der Waals surface area contributed by atoms with Crippen LogP contribution in [0.4, 0.5) is 0 Å². The van der Waals surface area contributed by atoms with E-state index in [-0.39, 0.29) is 0 Å². The second kappa shape index (κ2) is 3.58. The predicted molar refractivity (Wildman–Crippen MR) is 54.0 cm³/mol. The van der Waals surface area contributed by atoms with E-state index in [0.717, 1.165) is 12.2 Å². The molecule has 3 N–H and O–H groups in total. The van der Waals surface area contributed by atoms with Gasteiger partial charge in [-0.15, -0.1) is 0 Å². The largest absolute Gasteiger partial charge is 0.403 e. The Morgan fingerprint density at radius 3 is 2.38 bits per heavy atom. The summed E-state index contributed by atoms with van der Waals surface area (Å²) in [4.78, 5) is 2.19. The fourth-order valence-corrected chi connectivity index (χ4v) is 1.66. The van der Waals surface area contributed by atoms with Gasteiger partial charge < -0.3 is 15.7 Å². The number of aliphatic hydroxyl groups is 1. The molecule has 13 heavy (non-hydrogen) atoms. The quantitative estimate of drug-likeness (QED) is 0.686. The Morgan fingerprint density at radius 1 is 1.62 bits per heavy atom. The van der Waals surface area contributed by atoms with E-state index >= 15 is 0 Å². The SMILES string of the molecule is CCN(/C(=C\N)C(C)(C)O)C1CC1. The van der Waals surface area contributed by atoms with Crippen molar-refractivity contribution in [2.45, 2.75) is 45.3 Å². The highest BCUT2D eigenvalue weighted by Gasteiger charge is 2.34. The van der Waals surface area contributed by atoms with Gasteiger partial charge in [0.05, 0.1) is 5.70 Å². The molecule has 3 heteroatoms. The summed E-state index contributed by atoms with van der Waals surface area (Å²) in [5.74, 6) is 0. The van der Waals surface area contributed by atoms with E-state index in [9.17, 15) is 5.11 Å². The van der Waals surface area contributed by atoms with Crippen molar-refractivity contribution in [1.29, 1.82) is 0 Å². The minimum Gasteiger partial charge on any atom is -0.403 e. The summed E-state index contributed by atoms with van der Waals surface area (Å²) in [6, 6.07) is 0.603. The van der Waals surface area contributed by atoms with E-state index in [0.29, 0.717) is 6.04 Å². The van der Waals surface area contributed by atoms with Crippen LogP contribution in [0.3, 0.4) is 0 Å². The number of nitrogens with two attached hydrogens (primary N) is 1. The molecule has 1 aliphatic rings. The molecule has 0 heterocycles. The van der Waals surface area contributed by atoms with Crippen LogP contribution in [0.5, 0.6) is 0 Å². The van der Waals surface area contributed by atoms with Gasteiger partial charge in [0, 0.05) is 18.8 Å². The van der Waals surface area contributed by atoms with Gasteiger partial charge in [0.25, 0.3) is 0 Å². The van der Waals surface area contributed by atoms with Crippen LogP contribution in [0, 0.1) is 0 Å². The second-order valence-corrected chi connectivity index (χ2v) is 4.13. The van der Waals surface area contributed by atoms with Crippen molar-refractivity contribution in [3.63, 3.8) is 0 Å². The van der Waals surface area contributed by atoms with Gasteiger partial charge in [-0.25, -0.2) is 0 Å². The second-order valence-electron chi connectivity index (χ2n) is 4.13. The monoisotopic (exact) mass is 184 g/mol. The minimum atomic E-state index is -0.826. The first-order chi connectivity index (χ1) is 6.00. The van der Waals surface area contributed by atoms with Gasteiger partial charge >= 0.3 is 0 Å². The lowest BCUT2D eigenvalue weighted by atomic mass is 10.0. The summed E-state index contributed by atoms with van der Waals surface area (Å²) in [7, 11) is 0. The lowest BCUT2D eigenvalue weighted by Gasteiger charge is -2.33. The van der Waals surface area contributed by atoms with E-state index < -0.39 is 5.60 Å². The number of likely N-dealkylation sites (N-methyl/N-ethyl adjacent to an activating group) is 1. The van der Waals surface area contributed by atoms with Crippen molar-refractivity contribution < 1.29 is 5.11 Å². The Hall–Kier alpha value is -0.700. The van der Waals surface area contributed by atoms with Gasteiger partial charge in [0.1, 0.15) is 5.60 Å². The first-order valence-electron chi connectivity index (χ1n) is 4.92. The fraction of sp³-hybridized carbons (Fsp3) is 0.800. The Morgan fingerprint density at radius 2 is 2.15 bits per heavy atom. The number of hydrogen-bond acceptors (Lipinski definition) is 3. The lowest BCUT2D eigenvalue weighted by molar-refractivity contribution is 0.0803. The molecule has 0 atom stereocenters. The molecule has 0 aromatic rings. The van der Waals surface area contributed by atoms with Crippen LogP contribution in [0.1, 0.15) is 33.6 Å². The number of rotatable bonds is 4. The Balaban J connectivity index is 2.74. The van der Waals surface area contributed by atoms with Gasteiger partial charge in [-0.1, -0.05) is 0 Å². The lowest BCUT2D eigenvalue weighted by Crippen LogP contribution is -2.38. The van der Waals surface area contributed by atoms with Crippen molar-refractivity contribution in [2.75, 3.05) is 6.54 Å². The molecule has 3 nitrogen and oxygen atoms in total. The van der Waals surface area contributed by atoms with Crippen molar-refractivity contribution in [3.05, 3.63) is 11.9 Å².